The van der Waals surface area contributed by atoms with Crippen LogP contribution in [0.15, 0.2) is 29.4 Å². The fraction of sp³-hybridized carbons (Fsp3) is 0.650. The molecule has 0 spiro atoms. The molecular weight excluding hydrogens is 324 g/mol. The van der Waals surface area contributed by atoms with Gasteiger partial charge in [-0.1, -0.05) is 26.3 Å². The molecule has 1 aliphatic rings. The fourth-order valence-electron chi connectivity index (χ4n) is 4.14. The van der Waals surface area contributed by atoms with Gasteiger partial charge in [-0.05, 0) is 43.2 Å². The number of likely N-dealkylation sites (tertiary alicyclic amines) is 1. The molecule has 1 aliphatic heterocycles. The van der Waals surface area contributed by atoms with Gasteiger partial charge in [-0.2, -0.15) is 0 Å². The van der Waals surface area contributed by atoms with Crippen molar-refractivity contribution in [3.63, 3.8) is 0 Å². The summed E-state index contributed by atoms with van der Waals surface area (Å²) in [6.45, 7) is 7.82. The first-order valence-electron chi connectivity index (χ1n) is 9.89. The van der Waals surface area contributed by atoms with Crippen LogP contribution >= 0.6 is 0 Å². The van der Waals surface area contributed by atoms with Crippen molar-refractivity contribution in [2.45, 2.75) is 52.4 Å². The molecule has 1 fully saturated rings. The largest absolute Gasteiger partial charge is 0.356 e. The number of aryl methyl sites for hydroxylation is 1. The number of hydrogen-bond donors (Lipinski definition) is 1. The van der Waals surface area contributed by atoms with Crippen molar-refractivity contribution in [2.75, 3.05) is 26.7 Å². The zero-order valence-electron chi connectivity index (χ0n) is 16.4. The highest BCUT2D eigenvalue weighted by Gasteiger charge is 2.31. The lowest BCUT2D eigenvalue weighted by Gasteiger charge is -2.42. The maximum absolute atomic E-state index is 4.52. The van der Waals surface area contributed by atoms with Gasteiger partial charge < -0.3 is 10.2 Å². The van der Waals surface area contributed by atoms with E-state index in [4.69, 9.17) is 0 Å². The van der Waals surface area contributed by atoms with Crippen molar-refractivity contribution < 1.29 is 0 Å². The van der Waals surface area contributed by atoms with Crippen LogP contribution in [-0.2, 0) is 6.42 Å². The monoisotopic (exact) mass is 356 g/mol. The van der Waals surface area contributed by atoms with Crippen molar-refractivity contribution in [3.8, 4) is 0 Å². The first-order chi connectivity index (χ1) is 12.6. The number of nitrogens with zero attached hydrogens (tertiary/aromatic N) is 5. The average Bonchev–Trinajstić information content (AvgIpc) is 3.05. The van der Waals surface area contributed by atoms with Crippen molar-refractivity contribution in [1.29, 1.82) is 0 Å². The van der Waals surface area contributed by atoms with Crippen LogP contribution in [0.1, 0.15) is 51.8 Å². The molecule has 0 aromatic carbocycles. The minimum absolute atomic E-state index is 0.422. The average molecular weight is 357 g/mol. The Hall–Kier alpha value is -2.11. The SMILES string of the molecule is CCCC1(C)CCCN(C(=NC)NCCCc2nnc3ccccn23)C1. The van der Waals surface area contributed by atoms with Crippen LogP contribution in [0.3, 0.4) is 0 Å². The predicted molar refractivity (Wildman–Crippen MR) is 106 cm³/mol. The van der Waals surface area contributed by atoms with E-state index in [-0.39, 0.29) is 0 Å². The number of piperidine rings is 1. The molecule has 0 aliphatic carbocycles. The number of hydrogen-bond acceptors (Lipinski definition) is 3. The lowest BCUT2D eigenvalue weighted by molar-refractivity contribution is 0.142. The number of pyridine rings is 1. The number of fused-ring (bicyclic) bond motifs is 1. The van der Waals surface area contributed by atoms with Crippen molar-refractivity contribution in [3.05, 3.63) is 30.2 Å². The third-order valence-corrected chi connectivity index (χ3v) is 5.39. The molecule has 1 saturated heterocycles. The van der Waals surface area contributed by atoms with Gasteiger partial charge in [-0.3, -0.25) is 9.39 Å². The third-order valence-electron chi connectivity index (χ3n) is 5.39. The van der Waals surface area contributed by atoms with Crippen LogP contribution in [-0.4, -0.2) is 52.1 Å². The Morgan fingerprint density at radius 1 is 1.35 bits per heavy atom. The number of guanidine groups is 1. The second-order valence-electron chi connectivity index (χ2n) is 7.71. The van der Waals surface area contributed by atoms with Crippen LogP contribution in [0.5, 0.6) is 0 Å². The number of aromatic nitrogens is 3. The molecule has 1 unspecified atom stereocenters. The van der Waals surface area contributed by atoms with E-state index in [1.165, 1.54) is 25.7 Å². The lowest BCUT2D eigenvalue weighted by Crippen LogP contribution is -2.50. The highest BCUT2D eigenvalue weighted by atomic mass is 15.3. The van der Waals surface area contributed by atoms with Crippen LogP contribution in [0.2, 0.25) is 0 Å². The first-order valence-corrected chi connectivity index (χ1v) is 9.89. The number of nitrogens with one attached hydrogen (secondary N) is 1. The molecule has 0 bridgehead atoms. The van der Waals surface area contributed by atoms with Gasteiger partial charge in [0, 0.05) is 39.3 Å². The van der Waals surface area contributed by atoms with Crippen LogP contribution in [0.4, 0.5) is 0 Å². The maximum Gasteiger partial charge on any atom is 0.193 e. The molecule has 26 heavy (non-hydrogen) atoms. The van der Waals surface area contributed by atoms with E-state index in [0.717, 1.165) is 49.9 Å². The zero-order chi connectivity index (χ0) is 18.4. The van der Waals surface area contributed by atoms with Gasteiger partial charge in [0.2, 0.25) is 0 Å². The van der Waals surface area contributed by atoms with E-state index in [1.807, 2.05) is 31.4 Å². The van der Waals surface area contributed by atoms with Crippen LogP contribution in [0.25, 0.3) is 5.65 Å². The van der Waals surface area contributed by atoms with Gasteiger partial charge in [0.05, 0.1) is 0 Å². The quantitative estimate of drug-likeness (QED) is 0.491. The van der Waals surface area contributed by atoms with Crippen molar-refractivity contribution >= 4 is 11.6 Å². The standard InChI is InChI=1S/C20H32N6/c1-4-11-20(2)12-8-14-25(16-20)19(21-3)22-13-7-10-18-24-23-17-9-5-6-15-26(17)18/h5-6,9,15H,4,7-8,10-14,16H2,1-3H3,(H,21,22). The van der Waals surface area contributed by atoms with E-state index in [2.05, 4.69) is 43.7 Å². The van der Waals surface area contributed by atoms with Gasteiger partial charge in [0.25, 0.3) is 0 Å². The molecular formula is C20H32N6. The molecule has 0 radical (unpaired) electrons. The molecule has 0 amide bonds. The molecule has 142 valence electrons. The summed E-state index contributed by atoms with van der Waals surface area (Å²) in [6.07, 6.45) is 9.07. The summed E-state index contributed by atoms with van der Waals surface area (Å²) >= 11 is 0. The molecule has 3 heterocycles. The zero-order valence-corrected chi connectivity index (χ0v) is 16.4. The summed E-state index contributed by atoms with van der Waals surface area (Å²) in [5, 5.41) is 12.1. The Bertz CT molecular complexity index is 733. The van der Waals surface area contributed by atoms with Crippen molar-refractivity contribution in [1.82, 2.24) is 24.8 Å². The number of aliphatic imine (C=N–C) groups is 1. The maximum atomic E-state index is 4.52. The smallest absolute Gasteiger partial charge is 0.193 e. The van der Waals surface area contributed by atoms with E-state index in [1.54, 1.807) is 0 Å². The van der Waals surface area contributed by atoms with E-state index in [9.17, 15) is 0 Å². The minimum atomic E-state index is 0.422. The Labute approximate surface area is 156 Å². The summed E-state index contributed by atoms with van der Waals surface area (Å²) in [5.74, 6) is 2.06. The topological polar surface area (TPSA) is 57.8 Å². The Morgan fingerprint density at radius 2 is 2.23 bits per heavy atom. The van der Waals surface area contributed by atoms with Crippen LogP contribution in [0, 0.1) is 5.41 Å². The molecule has 6 nitrogen and oxygen atoms in total. The molecule has 2 aromatic rings. The van der Waals surface area contributed by atoms with E-state index in [0.29, 0.717) is 5.41 Å². The molecule has 2 aromatic heterocycles. The highest BCUT2D eigenvalue weighted by Crippen LogP contribution is 2.33. The summed E-state index contributed by atoms with van der Waals surface area (Å²) in [5.41, 5.74) is 1.33. The summed E-state index contributed by atoms with van der Waals surface area (Å²) < 4.78 is 2.07. The highest BCUT2D eigenvalue weighted by molar-refractivity contribution is 5.80. The fourth-order valence-corrected chi connectivity index (χ4v) is 4.14. The Kier molecular flexibility index (Phi) is 6.12. The van der Waals surface area contributed by atoms with E-state index >= 15 is 0 Å². The molecule has 1 N–H and O–H groups in total. The summed E-state index contributed by atoms with van der Waals surface area (Å²) in [6, 6.07) is 5.99. The summed E-state index contributed by atoms with van der Waals surface area (Å²) in [4.78, 5) is 6.96. The van der Waals surface area contributed by atoms with Gasteiger partial charge in [-0.15, -0.1) is 10.2 Å². The Morgan fingerprint density at radius 3 is 3.04 bits per heavy atom. The third kappa shape index (κ3) is 4.34. The van der Waals surface area contributed by atoms with Gasteiger partial charge in [-0.25, -0.2) is 0 Å². The summed E-state index contributed by atoms with van der Waals surface area (Å²) in [7, 11) is 1.89. The molecule has 6 heteroatoms. The van der Waals surface area contributed by atoms with Crippen molar-refractivity contribution in [2.24, 2.45) is 10.4 Å². The van der Waals surface area contributed by atoms with Gasteiger partial charge >= 0.3 is 0 Å². The van der Waals surface area contributed by atoms with Gasteiger partial charge in [0.1, 0.15) is 5.82 Å². The Balaban J connectivity index is 1.50. The van der Waals surface area contributed by atoms with Gasteiger partial charge in [0.15, 0.2) is 11.6 Å². The number of rotatable bonds is 6. The molecule has 0 saturated carbocycles. The van der Waals surface area contributed by atoms with E-state index < -0.39 is 0 Å². The second kappa shape index (κ2) is 8.52. The molecule has 1 atom stereocenters. The second-order valence-corrected chi connectivity index (χ2v) is 7.71. The molecule has 3 rings (SSSR count). The predicted octanol–water partition coefficient (Wildman–Crippen LogP) is 3.14. The van der Waals surface area contributed by atoms with Crippen LogP contribution < -0.4 is 5.32 Å². The first kappa shape index (κ1) is 18.7. The normalized spacial score (nSPS) is 21.3. The minimum Gasteiger partial charge on any atom is -0.356 e. The lowest BCUT2D eigenvalue weighted by atomic mass is 9.78.